The summed E-state index contributed by atoms with van der Waals surface area (Å²) in [5.74, 6) is -0.255. The van der Waals surface area contributed by atoms with Gasteiger partial charge in [-0.05, 0) is 56.7 Å². The number of hydrogen-bond acceptors (Lipinski definition) is 5. The van der Waals surface area contributed by atoms with E-state index in [-0.39, 0.29) is 11.7 Å². The average molecular weight is 422 g/mol. The number of imide groups is 2. The van der Waals surface area contributed by atoms with Crippen molar-refractivity contribution in [3.8, 4) is 11.5 Å². The first-order valence-corrected chi connectivity index (χ1v) is 10.3. The molecule has 1 fully saturated rings. The largest absolute Gasteiger partial charge is 0.494 e. The molecule has 0 unspecified atom stereocenters. The van der Waals surface area contributed by atoms with Crippen molar-refractivity contribution in [1.29, 1.82) is 0 Å². The number of nitrogens with one attached hydrogen (secondary N) is 1. The summed E-state index contributed by atoms with van der Waals surface area (Å²) in [6.45, 7) is 6.45. The van der Waals surface area contributed by atoms with Crippen molar-refractivity contribution in [2.75, 3.05) is 11.5 Å². The SMILES string of the molecule is CCCCOc1ccc(N2C(=O)NC(=O)/C(=C/c3ccccc3OC(C)C)C2=O)cc1. The molecule has 1 aliphatic heterocycles. The van der Waals surface area contributed by atoms with Crippen LogP contribution in [-0.4, -0.2) is 30.6 Å². The van der Waals surface area contributed by atoms with Gasteiger partial charge in [-0.1, -0.05) is 31.5 Å². The first kappa shape index (κ1) is 22.1. The summed E-state index contributed by atoms with van der Waals surface area (Å²) >= 11 is 0. The highest BCUT2D eigenvalue weighted by Gasteiger charge is 2.37. The monoisotopic (exact) mass is 422 g/mol. The standard InChI is InChI=1S/C24H26N2O5/c1-4-5-14-30-19-12-10-18(11-13-19)26-23(28)20(22(27)25-24(26)29)15-17-8-6-7-9-21(17)31-16(2)3/h6-13,15-16H,4-5,14H2,1-3H3,(H,25,27,29)/b20-15-. The van der Waals surface area contributed by atoms with Crippen molar-refractivity contribution in [3.63, 3.8) is 0 Å². The van der Waals surface area contributed by atoms with Crippen molar-refractivity contribution >= 4 is 29.6 Å². The number of nitrogens with zero attached hydrogens (tertiary/aromatic N) is 1. The molecule has 0 bridgehead atoms. The molecule has 1 heterocycles. The quantitative estimate of drug-likeness (QED) is 0.389. The molecule has 0 aromatic heterocycles. The van der Waals surface area contributed by atoms with Crippen LogP contribution in [0.5, 0.6) is 11.5 Å². The normalized spacial score (nSPS) is 15.4. The molecule has 0 aliphatic carbocycles. The van der Waals surface area contributed by atoms with Crippen molar-refractivity contribution in [1.82, 2.24) is 5.32 Å². The lowest BCUT2D eigenvalue weighted by molar-refractivity contribution is -0.122. The smallest absolute Gasteiger partial charge is 0.335 e. The van der Waals surface area contributed by atoms with E-state index < -0.39 is 17.8 Å². The summed E-state index contributed by atoms with van der Waals surface area (Å²) in [7, 11) is 0. The molecule has 0 atom stereocenters. The van der Waals surface area contributed by atoms with Crippen LogP contribution in [-0.2, 0) is 9.59 Å². The Morgan fingerprint density at radius 1 is 1.03 bits per heavy atom. The molecule has 31 heavy (non-hydrogen) atoms. The number of carbonyl (C=O) groups is 3. The van der Waals surface area contributed by atoms with Crippen molar-refractivity contribution in [2.24, 2.45) is 0 Å². The summed E-state index contributed by atoms with van der Waals surface area (Å²) < 4.78 is 11.4. The Bertz CT molecular complexity index is 995. The number of unbranched alkanes of at least 4 members (excludes halogenated alkanes) is 1. The number of benzene rings is 2. The number of barbiturate groups is 1. The second-order valence-electron chi connectivity index (χ2n) is 7.36. The molecular formula is C24H26N2O5. The molecule has 1 N–H and O–H groups in total. The molecule has 4 amide bonds. The molecule has 162 valence electrons. The average Bonchev–Trinajstić information content (AvgIpc) is 2.73. The number of urea groups is 1. The highest BCUT2D eigenvalue weighted by molar-refractivity contribution is 6.39. The van der Waals surface area contributed by atoms with Gasteiger partial charge >= 0.3 is 6.03 Å². The fraction of sp³-hybridized carbons (Fsp3) is 0.292. The summed E-state index contributed by atoms with van der Waals surface area (Å²) in [4.78, 5) is 38.9. The Kier molecular flexibility index (Phi) is 7.07. The summed E-state index contributed by atoms with van der Waals surface area (Å²) in [6.07, 6.45) is 3.32. The number of carbonyl (C=O) groups excluding carboxylic acids is 3. The van der Waals surface area contributed by atoms with Gasteiger partial charge in [0.1, 0.15) is 17.1 Å². The maximum Gasteiger partial charge on any atom is 0.335 e. The molecular weight excluding hydrogens is 396 g/mol. The van der Waals surface area contributed by atoms with E-state index in [1.165, 1.54) is 6.08 Å². The van der Waals surface area contributed by atoms with E-state index in [2.05, 4.69) is 12.2 Å². The van der Waals surface area contributed by atoms with Crippen LogP contribution in [0.25, 0.3) is 6.08 Å². The number of rotatable bonds is 8. The van der Waals surface area contributed by atoms with Gasteiger partial charge in [0.2, 0.25) is 0 Å². The first-order chi connectivity index (χ1) is 14.9. The van der Waals surface area contributed by atoms with Gasteiger partial charge in [0, 0.05) is 5.56 Å². The number of ether oxygens (including phenoxy) is 2. The number of anilines is 1. The molecule has 1 aliphatic rings. The van der Waals surface area contributed by atoms with Gasteiger partial charge < -0.3 is 9.47 Å². The van der Waals surface area contributed by atoms with Gasteiger partial charge in [-0.3, -0.25) is 14.9 Å². The van der Waals surface area contributed by atoms with Crippen LogP contribution in [0.15, 0.2) is 54.1 Å². The third-order valence-electron chi connectivity index (χ3n) is 4.54. The van der Waals surface area contributed by atoms with Crippen LogP contribution in [0.3, 0.4) is 0 Å². The molecule has 0 spiro atoms. The number of hydrogen-bond donors (Lipinski definition) is 1. The molecule has 2 aromatic rings. The predicted octanol–water partition coefficient (Wildman–Crippen LogP) is 4.32. The summed E-state index contributed by atoms with van der Waals surface area (Å²) in [6, 6.07) is 12.9. The first-order valence-electron chi connectivity index (χ1n) is 10.3. The van der Waals surface area contributed by atoms with Crippen molar-refractivity contribution in [3.05, 3.63) is 59.7 Å². The van der Waals surface area contributed by atoms with Gasteiger partial charge in [-0.15, -0.1) is 0 Å². The fourth-order valence-electron chi connectivity index (χ4n) is 3.03. The molecule has 0 saturated carbocycles. The molecule has 0 radical (unpaired) electrons. The van der Waals surface area contributed by atoms with Crippen LogP contribution in [0.1, 0.15) is 39.2 Å². The van der Waals surface area contributed by atoms with E-state index in [1.54, 1.807) is 42.5 Å². The van der Waals surface area contributed by atoms with Crippen molar-refractivity contribution < 1.29 is 23.9 Å². The highest BCUT2D eigenvalue weighted by Crippen LogP contribution is 2.27. The Balaban J connectivity index is 1.88. The molecule has 7 nitrogen and oxygen atoms in total. The lowest BCUT2D eigenvalue weighted by atomic mass is 10.1. The zero-order valence-electron chi connectivity index (χ0n) is 17.9. The molecule has 3 rings (SSSR count). The Morgan fingerprint density at radius 2 is 1.74 bits per heavy atom. The Hall–Kier alpha value is -3.61. The lowest BCUT2D eigenvalue weighted by Gasteiger charge is -2.26. The van der Waals surface area contributed by atoms with Gasteiger partial charge in [0.25, 0.3) is 11.8 Å². The topological polar surface area (TPSA) is 84.9 Å². The third kappa shape index (κ3) is 5.31. The van der Waals surface area contributed by atoms with Crippen molar-refractivity contribution in [2.45, 2.75) is 39.7 Å². The van der Waals surface area contributed by atoms with E-state index in [4.69, 9.17) is 9.47 Å². The van der Waals surface area contributed by atoms with E-state index in [1.807, 2.05) is 19.9 Å². The second kappa shape index (κ2) is 9.93. The molecule has 2 aromatic carbocycles. The Morgan fingerprint density at radius 3 is 2.42 bits per heavy atom. The van der Waals surface area contributed by atoms with Gasteiger partial charge in [-0.25, -0.2) is 9.69 Å². The minimum absolute atomic E-state index is 0.0773. The van der Waals surface area contributed by atoms with Crippen LogP contribution < -0.4 is 19.7 Å². The van der Waals surface area contributed by atoms with Crippen LogP contribution in [0.4, 0.5) is 10.5 Å². The van der Waals surface area contributed by atoms with Crippen LogP contribution in [0, 0.1) is 0 Å². The summed E-state index contributed by atoms with van der Waals surface area (Å²) in [5, 5.41) is 2.23. The Labute approximate surface area is 181 Å². The van der Waals surface area contributed by atoms with E-state index in [0.717, 1.165) is 17.7 Å². The zero-order chi connectivity index (χ0) is 22.4. The highest BCUT2D eigenvalue weighted by atomic mass is 16.5. The number of para-hydroxylation sites is 1. The van der Waals surface area contributed by atoms with Crippen LogP contribution in [0.2, 0.25) is 0 Å². The fourth-order valence-corrected chi connectivity index (χ4v) is 3.03. The third-order valence-corrected chi connectivity index (χ3v) is 4.54. The predicted molar refractivity (Wildman–Crippen MR) is 118 cm³/mol. The van der Waals surface area contributed by atoms with Gasteiger partial charge in [0.15, 0.2) is 0 Å². The van der Waals surface area contributed by atoms with Crippen LogP contribution >= 0.6 is 0 Å². The maximum absolute atomic E-state index is 13.1. The minimum atomic E-state index is -0.793. The van der Waals surface area contributed by atoms with E-state index >= 15 is 0 Å². The summed E-state index contributed by atoms with van der Waals surface area (Å²) in [5.41, 5.74) is 0.766. The van der Waals surface area contributed by atoms with Gasteiger partial charge in [-0.2, -0.15) is 0 Å². The maximum atomic E-state index is 13.1. The second-order valence-corrected chi connectivity index (χ2v) is 7.36. The van der Waals surface area contributed by atoms with E-state index in [9.17, 15) is 14.4 Å². The zero-order valence-corrected chi connectivity index (χ0v) is 17.9. The molecule has 1 saturated heterocycles. The number of amides is 4. The van der Waals surface area contributed by atoms with E-state index in [0.29, 0.717) is 29.4 Å². The minimum Gasteiger partial charge on any atom is -0.494 e. The molecule has 7 heteroatoms. The van der Waals surface area contributed by atoms with Gasteiger partial charge in [0.05, 0.1) is 18.4 Å². The lowest BCUT2D eigenvalue weighted by Crippen LogP contribution is -2.54.